The number of halogens is 1. The fourth-order valence-corrected chi connectivity index (χ4v) is 3.92. The Balaban J connectivity index is 1.55. The van der Waals surface area contributed by atoms with E-state index >= 15 is 0 Å². The standard InChI is InChI=1S/C23H21ClN2O2S/c1-26(2)23(28)17-9-7-16(8-10-17)15-25-22(27)14-12-18-11-13-21(29-18)19-5-3-4-6-20(19)24/h3-14H,15H2,1-2H3,(H,25,27)/b14-12+. The molecule has 29 heavy (non-hydrogen) atoms. The largest absolute Gasteiger partial charge is 0.348 e. The molecule has 3 aromatic rings. The number of thiophene rings is 1. The van der Waals surface area contributed by atoms with E-state index in [1.165, 1.54) is 11.0 Å². The van der Waals surface area contributed by atoms with E-state index in [0.717, 1.165) is 20.9 Å². The van der Waals surface area contributed by atoms with Gasteiger partial charge in [-0.3, -0.25) is 9.59 Å². The van der Waals surface area contributed by atoms with Gasteiger partial charge in [0.15, 0.2) is 0 Å². The SMILES string of the molecule is CN(C)C(=O)c1ccc(CNC(=O)/C=C/c2ccc(-c3ccccc3Cl)s2)cc1. The van der Waals surface area contributed by atoms with Crippen molar-refractivity contribution in [1.29, 1.82) is 0 Å². The van der Waals surface area contributed by atoms with Gasteiger partial charge in [-0.2, -0.15) is 0 Å². The Morgan fingerprint density at radius 3 is 2.45 bits per heavy atom. The summed E-state index contributed by atoms with van der Waals surface area (Å²) >= 11 is 7.82. The van der Waals surface area contributed by atoms with Gasteiger partial charge in [0.05, 0.1) is 0 Å². The third-order valence-electron chi connectivity index (χ3n) is 4.24. The highest BCUT2D eigenvalue weighted by Crippen LogP contribution is 2.33. The average Bonchev–Trinajstić information content (AvgIpc) is 3.19. The Labute approximate surface area is 179 Å². The molecule has 0 bridgehead atoms. The second kappa shape index (κ2) is 9.54. The Kier molecular flexibility index (Phi) is 6.86. The van der Waals surface area contributed by atoms with Crippen LogP contribution in [-0.2, 0) is 11.3 Å². The third-order valence-corrected chi connectivity index (χ3v) is 5.65. The zero-order valence-corrected chi connectivity index (χ0v) is 17.8. The summed E-state index contributed by atoms with van der Waals surface area (Å²) in [5, 5.41) is 3.56. The van der Waals surface area contributed by atoms with Crippen LogP contribution in [-0.4, -0.2) is 30.8 Å². The highest BCUT2D eigenvalue weighted by atomic mass is 35.5. The zero-order valence-electron chi connectivity index (χ0n) is 16.2. The summed E-state index contributed by atoms with van der Waals surface area (Å²) < 4.78 is 0. The first-order chi connectivity index (χ1) is 13.9. The van der Waals surface area contributed by atoms with Gasteiger partial charge in [-0.25, -0.2) is 0 Å². The van der Waals surface area contributed by atoms with Gasteiger partial charge in [-0.1, -0.05) is 41.9 Å². The summed E-state index contributed by atoms with van der Waals surface area (Å²) in [5.74, 6) is -0.221. The van der Waals surface area contributed by atoms with Gasteiger partial charge >= 0.3 is 0 Å². The Hall–Kier alpha value is -2.89. The summed E-state index contributed by atoms with van der Waals surface area (Å²) in [7, 11) is 3.43. The minimum Gasteiger partial charge on any atom is -0.348 e. The minimum absolute atomic E-state index is 0.0457. The molecule has 0 fully saturated rings. The molecule has 0 aliphatic carbocycles. The first kappa shape index (κ1) is 20.8. The molecule has 3 rings (SSSR count). The number of hydrogen-bond acceptors (Lipinski definition) is 3. The van der Waals surface area contributed by atoms with Gasteiger partial charge in [0.1, 0.15) is 0 Å². The average molecular weight is 425 g/mol. The van der Waals surface area contributed by atoms with Crippen LogP contribution >= 0.6 is 22.9 Å². The third kappa shape index (κ3) is 5.56. The van der Waals surface area contributed by atoms with Crippen LogP contribution in [0.2, 0.25) is 5.02 Å². The molecule has 0 radical (unpaired) electrons. The highest BCUT2D eigenvalue weighted by molar-refractivity contribution is 7.16. The van der Waals surface area contributed by atoms with Crippen LogP contribution in [0.1, 0.15) is 20.8 Å². The van der Waals surface area contributed by atoms with Crippen molar-refractivity contribution in [3.05, 3.63) is 87.8 Å². The Bertz CT molecular complexity index is 1040. The molecule has 0 unspecified atom stereocenters. The maximum absolute atomic E-state index is 12.1. The number of carbonyl (C=O) groups is 2. The van der Waals surface area contributed by atoms with E-state index in [1.54, 1.807) is 43.6 Å². The summed E-state index contributed by atoms with van der Waals surface area (Å²) in [6, 6.07) is 18.9. The van der Waals surface area contributed by atoms with E-state index in [-0.39, 0.29) is 11.8 Å². The summed E-state index contributed by atoms with van der Waals surface area (Å²) in [4.78, 5) is 27.6. The molecule has 0 saturated carbocycles. The molecule has 0 spiro atoms. The van der Waals surface area contributed by atoms with Crippen LogP contribution in [0.25, 0.3) is 16.5 Å². The molecule has 6 heteroatoms. The molecule has 0 atom stereocenters. The van der Waals surface area contributed by atoms with Gasteiger partial charge in [0.2, 0.25) is 5.91 Å². The summed E-state index contributed by atoms with van der Waals surface area (Å²) in [6.45, 7) is 0.398. The van der Waals surface area contributed by atoms with Gasteiger partial charge in [0, 0.05) is 52.6 Å². The molecular formula is C23H21ClN2O2S. The maximum Gasteiger partial charge on any atom is 0.253 e. The lowest BCUT2D eigenvalue weighted by Gasteiger charge is -2.10. The van der Waals surface area contributed by atoms with Crippen LogP contribution in [0.3, 0.4) is 0 Å². The maximum atomic E-state index is 12.1. The highest BCUT2D eigenvalue weighted by Gasteiger charge is 2.08. The van der Waals surface area contributed by atoms with Crippen molar-refractivity contribution in [3.63, 3.8) is 0 Å². The van der Waals surface area contributed by atoms with E-state index in [4.69, 9.17) is 11.6 Å². The van der Waals surface area contributed by atoms with Crippen LogP contribution < -0.4 is 5.32 Å². The zero-order chi connectivity index (χ0) is 20.8. The first-order valence-corrected chi connectivity index (χ1v) is 10.2. The molecule has 148 valence electrons. The lowest BCUT2D eigenvalue weighted by molar-refractivity contribution is -0.116. The molecule has 2 aromatic carbocycles. The number of benzene rings is 2. The predicted octanol–water partition coefficient (Wildman–Crippen LogP) is 5.10. The van der Waals surface area contributed by atoms with Crippen molar-refractivity contribution in [2.24, 2.45) is 0 Å². The van der Waals surface area contributed by atoms with Crippen molar-refractivity contribution in [2.45, 2.75) is 6.54 Å². The lowest BCUT2D eigenvalue weighted by atomic mass is 10.1. The smallest absolute Gasteiger partial charge is 0.253 e. The summed E-state index contributed by atoms with van der Waals surface area (Å²) in [5.41, 5.74) is 2.54. The number of nitrogens with one attached hydrogen (secondary N) is 1. The molecule has 0 saturated heterocycles. The molecule has 2 amide bonds. The minimum atomic E-state index is -0.175. The molecular weight excluding hydrogens is 404 g/mol. The van der Waals surface area contributed by atoms with Crippen LogP contribution in [0.5, 0.6) is 0 Å². The second-order valence-corrected chi connectivity index (χ2v) is 8.15. The Morgan fingerprint density at radius 1 is 1.03 bits per heavy atom. The molecule has 0 aliphatic heterocycles. The molecule has 4 nitrogen and oxygen atoms in total. The van der Waals surface area contributed by atoms with E-state index in [2.05, 4.69) is 5.32 Å². The van der Waals surface area contributed by atoms with Crippen LogP contribution in [0, 0.1) is 0 Å². The molecule has 1 heterocycles. The van der Waals surface area contributed by atoms with Crippen molar-refractivity contribution in [3.8, 4) is 10.4 Å². The van der Waals surface area contributed by atoms with Gasteiger partial charge in [-0.05, 0) is 42.0 Å². The van der Waals surface area contributed by atoms with E-state index in [0.29, 0.717) is 17.1 Å². The van der Waals surface area contributed by atoms with Crippen LogP contribution in [0.15, 0.2) is 66.7 Å². The van der Waals surface area contributed by atoms with Crippen molar-refractivity contribution in [2.75, 3.05) is 14.1 Å². The van der Waals surface area contributed by atoms with Gasteiger partial charge < -0.3 is 10.2 Å². The summed E-state index contributed by atoms with van der Waals surface area (Å²) in [6.07, 6.45) is 3.31. The van der Waals surface area contributed by atoms with E-state index in [9.17, 15) is 9.59 Å². The van der Waals surface area contributed by atoms with Gasteiger partial charge in [0.25, 0.3) is 5.91 Å². The number of amides is 2. The number of carbonyl (C=O) groups excluding carboxylic acids is 2. The Morgan fingerprint density at radius 2 is 1.76 bits per heavy atom. The number of nitrogens with zero attached hydrogens (tertiary/aromatic N) is 1. The van der Waals surface area contributed by atoms with Gasteiger partial charge in [-0.15, -0.1) is 11.3 Å². The molecule has 1 N–H and O–H groups in total. The molecule has 0 aliphatic rings. The lowest BCUT2D eigenvalue weighted by Crippen LogP contribution is -2.22. The fourth-order valence-electron chi connectivity index (χ4n) is 2.68. The predicted molar refractivity (Wildman–Crippen MR) is 120 cm³/mol. The topological polar surface area (TPSA) is 49.4 Å². The normalized spacial score (nSPS) is 10.9. The quantitative estimate of drug-likeness (QED) is 0.559. The first-order valence-electron chi connectivity index (χ1n) is 9.05. The van der Waals surface area contributed by atoms with Crippen molar-refractivity contribution >= 4 is 40.8 Å². The molecule has 1 aromatic heterocycles. The van der Waals surface area contributed by atoms with Crippen LogP contribution in [0.4, 0.5) is 0 Å². The second-order valence-electron chi connectivity index (χ2n) is 6.63. The fraction of sp³-hybridized carbons (Fsp3) is 0.130. The van der Waals surface area contributed by atoms with Crippen molar-refractivity contribution in [1.82, 2.24) is 10.2 Å². The van der Waals surface area contributed by atoms with Crippen molar-refractivity contribution < 1.29 is 9.59 Å². The number of hydrogen-bond donors (Lipinski definition) is 1. The van der Waals surface area contributed by atoms with E-state index < -0.39 is 0 Å². The monoisotopic (exact) mass is 424 g/mol. The van der Waals surface area contributed by atoms with E-state index in [1.807, 2.05) is 48.5 Å². The number of rotatable bonds is 6.